The van der Waals surface area contributed by atoms with Crippen molar-refractivity contribution in [3.05, 3.63) is 24.3 Å². The van der Waals surface area contributed by atoms with Crippen LogP contribution in [-0.2, 0) is 4.79 Å². The van der Waals surface area contributed by atoms with E-state index in [0.717, 1.165) is 12.8 Å². The molecule has 0 heterocycles. The van der Waals surface area contributed by atoms with Gasteiger partial charge in [-0.1, -0.05) is 12.1 Å². The zero-order chi connectivity index (χ0) is 13.8. The molecule has 102 valence electrons. The normalized spacial score (nSPS) is 13.7. The van der Waals surface area contributed by atoms with Crippen molar-refractivity contribution in [3.8, 4) is 5.75 Å². The number of carboxylic acid groups (broad SMARTS) is 1. The SMILES string of the molecule is COc1ccccc1NC(=O)N(CC(=O)O)C1CC1. The Morgan fingerprint density at radius 1 is 1.42 bits per heavy atom. The molecule has 0 bridgehead atoms. The van der Waals surface area contributed by atoms with Crippen LogP contribution in [0.25, 0.3) is 0 Å². The van der Waals surface area contributed by atoms with Gasteiger partial charge < -0.3 is 20.1 Å². The van der Waals surface area contributed by atoms with Crippen molar-refractivity contribution < 1.29 is 19.4 Å². The highest BCUT2D eigenvalue weighted by molar-refractivity contribution is 5.93. The van der Waals surface area contributed by atoms with Crippen LogP contribution in [0.1, 0.15) is 12.8 Å². The first-order chi connectivity index (χ1) is 9.11. The molecule has 1 aromatic rings. The number of carboxylic acids is 1. The number of hydrogen-bond donors (Lipinski definition) is 2. The minimum Gasteiger partial charge on any atom is -0.495 e. The maximum atomic E-state index is 12.1. The predicted molar refractivity (Wildman–Crippen MR) is 69.4 cm³/mol. The van der Waals surface area contributed by atoms with Crippen LogP contribution >= 0.6 is 0 Å². The van der Waals surface area contributed by atoms with Crippen molar-refractivity contribution in [3.63, 3.8) is 0 Å². The number of aliphatic carboxylic acids is 1. The molecule has 0 aromatic heterocycles. The van der Waals surface area contributed by atoms with Crippen molar-refractivity contribution in [2.24, 2.45) is 0 Å². The number of urea groups is 1. The summed E-state index contributed by atoms with van der Waals surface area (Å²) in [5.74, 6) is -0.469. The highest BCUT2D eigenvalue weighted by Gasteiger charge is 2.34. The summed E-state index contributed by atoms with van der Waals surface area (Å²) in [6.45, 7) is -0.286. The van der Waals surface area contributed by atoms with Gasteiger partial charge in [0, 0.05) is 6.04 Å². The van der Waals surface area contributed by atoms with Crippen LogP contribution in [0.5, 0.6) is 5.75 Å². The minimum absolute atomic E-state index is 0.0332. The fourth-order valence-corrected chi connectivity index (χ4v) is 1.83. The number of para-hydroxylation sites is 2. The number of anilines is 1. The molecule has 0 atom stereocenters. The Labute approximate surface area is 111 Å². The molecule has 1 aliphatic rings. The number of rotatable bonds is 5. The predicted octanol–water partition coefficient (Wildman–Crippen LogP) is 1.78. The quantitative estimate of drug-likeness (QED) is 0.849. The summed E-state index contributed by atoms with van der Waals surface area (Å²) in [7, 11) is 1.51. The first-order valence-corrected chi connectivity index (χ1v) is 6.04. The lowest BCUT2D eigenvalue weighted by molar-refractivity contribution is -0.137. The van der Waals surface area contributed by atoms with Crippen molar-refractivity contribution in [2.45, 2.75) is 18.9 Å². The molecule has 2 rings (SSSR count). The van der Waals surface area contributed by atoms with E-state index >= 15 is 0 Å². The van der Waals surface area contributed by atoms with Gasteiger partial charge in [0.15, 0.2) is 0 Å². The Kier molecular flexibility index (Phi) is 3.89. The molecule has 19 heavy (non-hydrogen) atoms. The lowest BCUT2D eigenvalue weighted by Crippen LogP contribution is -2.40. The summed E-state index contributed by atoms with van der Waals surface area (Å²) in [5, 5.41) is 11.5. The molecule has 6 heteroatoms. The maximum absolute atomic E-state index is 12.1. The van der Waals surface area contributed by atoms with Crippen molar-refractivity contribution in [2.75, 3.05) is 19.0 Å². The molecule has 1 fully saturated rings. The summed E-state index contributed by atoms with van der Waals surface area (Å²) in [4.78, 5) is 24.2. The van der Waals surface area contributed by atoms with Crippen molar-refractivity contribution in [1.82, 2.24) is 4.90 Å². The van der Waals surface area contributed by atoms with E-state index in [1.165, 1.54) is 12.0 Å². The smallest absolute Gasteiger partial charge is 0.323 e. The number of carbonyl (C=O) groups excluding carboxylic acids is 1. The molecule has 1 aliphatic carbocycles. The van der Waals surface area contributed by atoms with E-state index in [-0.39, 0.29) is 12.6 Å². The molecule has 0 aliphatic heterocycles. The lowest BCUT2D eigenvalue weighted by atomic mass is 10.3. The molecule has 0 unspecified atom stereocenters. The van der Waals surface area contributed by atoms with E-state index in [1.54, 1.807) is 24.3 Å². The number of carbonyl (C=O) groups is 2. The van der Waals surface area contributed by atoms with Crippen LogP contribution in [-0.4, -0.2) is 41.7 Å². The van der Waals surface area contributed by atoms with Crippen LogP contribution in [0.2, 0.25) is 0 Å². The van der Waals surface area contributed by atoms with Crippen molar-refractivity contribution >= 4 is 17.7 Å². The third-order valence-electron chi connectivity index (χ3n) is 2.90. The number of nitrogens with one attached hydrogen (secondary N) is 1. The Morgan fingerprint density at radius 3 is 2.68 bits per heavy atom. The molecule has 6 nitrogen and oxygen atoms in total. The highest BCUT2D eigenvalue weighted by atomic mass is 16.5. The van der Waals surface area contributed by atoms with Crippen LogP contribution < -0.4 is 10.1 Å². The molecule has 0 spiro atoms. The molecule has 0 radical (unpaired) electrons. The summed E-state index contributed by atoms with van der Waals surface area (Å²) in [5.41, 5.74) is 0.533. The monoisotopic (exact) mass is 264 g/mol. The fraction of sp³-hybridized carbons (Fsp3) is 0.385. The highest BCUT2D eigenvalue weighted by Crippen LogP contribution is 2.29. The Hall–Kier alpha value is -2.24. The molecule has 1 saturated carbocycles. The van der Waals surface area contributed by atoms with Gasteiger partial charge in [0.05, 0.1) is 12.8 Å². The summed E-state index contributed by atoms with van der Waals surface area (Å²) in [6.07, 6.45) is 1.71. The van der Waals surface area contributed by atoms with Gasteiger partial charge >= 0.3 is 12.0 Å². The average Bonchev–Trinajstić information content (AvgIpc) is 3.20. The third-order valence-corrected chi connectivity index (χ3v) is 2.90. The minimum atomic E-state index is -1.01. The van der Waals surface area contributed by atoms with Gasteiger partial charge in [-0.15, -0.1) is 0 Å². The largest absolute Gasteiger partial charge is 0.495 e. The van der Waals surface area contributed by atoms with E-state index in [9.17, 15) is 9.59 Å². The van der Waals surface area contributed by atoms with Gasteiger partial charge in [-0.2, -0.15) is 0 Å². The summed E-state index contributed by atoms with van der Waals surface area (Å²) in [6, 6.07) is 6.64. The van der Waals surface area contributed by atoms with Crippen LogP contribution in [0.15, 0.2) is 24.3 Å². The maximum Gasteiger partial charge on any atom is 0.323 e. The number of amides is 2. The third kappa shape index (κ3) is 3.37. The molecule has 2 amide bonds. The lowest BCUT2D eigenvalue weighted by Gasteiger charge is -2.21. The summed E-state index contributed by atoms with van der Waals surface area (Å²) >= 11 is 0. The number of methoxy groups -OCH3 is 1. The Bertz CT molecular complexity index is 485. The number of benzene rings is 1. The van der Waals surface area contributed by atoms with Crippen LogP contribution in [0.3, 0.4) is 0 Å². The molecule has 1 aromatic carbocycles. The Morgan fingerprint density at radius 2 is 2.11 bits per heavy atom. The topological polar surface area (TPSA) is 78.9 Å². The van der Waals surface area contributed by atoms with Gasteiger partial charge in [-0.05, 0) is 25.0 Å². The first-order valence-electron chi connectivity index (χ1n) is 6.04. The van der Waals surface area contributed by atoms with Crippen molar-refractivity contribution in [1.29, 1.82) is 0 Å². The van der Waals surface area contributed by atoms with E-state index in [2.05, 4.69) is 5.32 Å². The van der Waals surface area contributed by atoms with Gasteiger partial charge in [0.2, 0.25) is 0 Å². The zero-order valence-electron chi connectivity index (χ0n) is 10.6. The van der Waals surface area contributed by atoms with Gasteiger partial charge in [0.25, 0.3) is 0 Å². The second-order valence-electron chi connectivity index (χ2n) is 4.38. The van der Waals surface area contributed by atoms with Gasteiger partial charge in [0.1, 0.15) is 12.3 Å². The van der Waals surface area contributed by atoms with Gasteiger partial charge in [-0.25, -0.2) is 4.79 Å². The van der Waals surface area contributed by atoms with E-state index < -0.39 is 12.0 Å². The standard InChI is InChI=1S/C13H16N2O4/c1-19-11-5-3-2-4-10(11)14-13(18)15(8-12(16)17)9-6-7-9/h2-5,9H,6-8H2,1H3,(H,14,18)(H,16,17). The zero-order valence-corrected chi connectivity index (χ0v) is 10.6. The first kappa shape index (κ1) is 13.2. The van der Waals surface area contributed by atoms with Crippen LogP contribution in [0.4, 0.5) is 10.5 Å². The fourth-order valence-electron chi connectivity index (χ4n) is 1.83. The Balaban J connectivity index is 2.08. The summed E-state index contributed by atoms with van der Waals surface area (Å²) < 4.78 is 5.13. The van der Waals surface area contributed by atoms with Gasteiger partial charge in [-0.3, -0.25) is 4.79 Å². The molecule has 0 saturated heterocycles. The number of hydrogen-bond acceptors (Lipinski definition) is 3. The second-order valence-corrected chi connectivity index (χ2v) is 4.38. The second kappa shape index (κ2) is 5.60. The van der Waals surface area contributed by atoms with Crippen LogP contribution in [0, 0.1) is 0 Å². The molecular weight excluding hydrogens is 248 g/mol. The molecular formula is C13H16N2O4. The van der Waals surface area contributed by atoms with E-state index in [4.69, 9.17) is 9.84 Å². The number of ether oxygens (including phenoxy) is 1. The van der Waals surface area contributed by atoms with E-state index in [1.807, 2.05) is 0 Å². The molecule has 2 N–H and O–H groups in total. The average molecular weight is 264 g/mol. The van der Waals surface area contributed by atoms with E-state index in [0.29, 0.717) is 11.4 Å². The number of nitrogens with zero attached hydrogens (tertiary/aromatic N) is 1.